The molecule has 0 amide bonds. The molecule has 0 aliphatic carbocycles. The van der Waals surface area contributed by atoms with Gasteiger partial charge in [0, 0.05) is 13.1 Å². The van der Waals surface area contributed by atoms with E-state index >= 15 is 0 Å². The monoisotopic (exact) mass is 271 g/mol. The fraction of sp³-hybridized carbons (Fsp3) is 0.294. The zero-order valence-electron chi connectivity index (χ0n) is 12.3. The zero-order valence-corrected chi connectivity index (χ0v) is 12.3. The van der Waals surface area contributed by atoms with E-state index in [2.05, 4.69) is 36.2 Å². The predicted octanol–water partition coefficient (Wildman–Crippen LogP) is 3.34. The van der Waals surface area contributed by atoms with Crippen LogP contribution in [0.2, 0.25) is 0 Å². The zero-order chi connectivity index (χ0) is 14.4. The van der Waals surface area contributed by atoms with Gasteiger partial charge in [-0.25, -0.2) is 0 Å². The highest BCUT2D eigenvalue weighted by Crippen LogP contribution is 2.17. The van der Waals surface area contributed by atoms with Crippen LogP contribution >= 0.6 is 0 Å². The molecule has 0 bridgehead atoms. The first-order valence-corrected chi connectivity index (χ1v) is 6.65. The van der Waals surface area contributed by atoms with Gasteiger partial charge in [-0.15, -0.1) is 0 Å². The van der Waals surface area contributed by atoms with Gasteiger partial charge < -0.3 is 9.47 Å². The standard InChI is InChI=1S/C17H21NO2/c1-18(12-14-6-4-8-16(10-14)19-2)13-15-7-5-9-17(11-15)20-3/h4-11H,12-13H2,1-3H3. The molecule has 0 aliphatic rings. The fourth-order valence-corrected chi connectivity index (χ4v) is 2.22. The molecule has 2 aromatic carbocycles. The summed E-state index contributed by atoms with van der Waals surface area (Å²) in [6.07, 6.45) is 0. The number of hydrogen-bond acceptors (Lipinski definition) is 3. The van der Waals surface area contributed by atoms with Crippen LogP contribution in [0.25, 0.3) is 0 Å². The van der Waals surface area contributed by atoms with E-state index in [4.69, 9.17) is 9.47 Å². The van der Waals surface area contributed by atoms with E-state index in [-0.39, 0.29) is 0 Å². The average molecular weight is 271 g/mol. The normalized spacial score (nSPS) is 10.6. The Hall–Kier alpha value is -2.00. The SMILES string of the molecule is COc1cccc(CN(C)Cc2cccc(OC)c2)c1. The molecule has 0 saturated carbocycles. The Morgan fingerprint density at radius 3 is 1.65 bits per heavy atom. The molecule has 20 heavy (non-hydrogen) atoms. The van der Waals surface area contributed by atoms with E-state index in [1.807, 2.05) is 24.3 Å². The minimum absolute atomic E-state index is 0.883. The van der Waals surface area contributed by atoms with Gasteiger partial charge in [-0.1, -0.05) is 24.3 Å². The van der Waals surface area contributed by atoms with Gasteiger partial charge in [0.15, 0.2) is 0 Å². The van der Waals surface area contributed by atoms with Crippen molar-refractivity contribution < 1.29 is 9.47 Å². The van der Waals surface area contributed by atoms with Crippen molar-refractivity contribution in [3.63, 3.8) is 0 Å². The minimum atomic E-state index is 0.883. The third kappa shape index (κ3) is 4.00. The lowest BCUT2D eigenvalue weighted by molar-refractivity contribution is 0.317. The smallest absolute Gasteiger partial charge is 0.119 e. The van der Waals surface area contributed by atoms with Crippen molar-refractivity contribution in [2.45, 2.75) is 13.1 Å². The Balaban J connectivity index is 1.99. The Morgan fingerprint density at radius 1 is 0.800 bits per heavy atom. The van der Waals surface area contributed by atoms with Crippen LogP contribution < -0.4 is 9.47 Å². The molecule has 0 spiro atoms. The molecule has 0 heterocycles. The summed E-state index contributed by atoms with van der Waals surface area (Å²) < 4.78 is 10.5. The lowest BCUT2D eigenvalue weighted by Gasteiger charge is -2.17. The molecule has 0 fully saturated rings. The van der Waals surface area contributed by atoms with Gasteiger partial charge in [0.25, 0.3) is 0 Å². The number of rotatable bonds is 6. The predicted molar refractivity (Wildman–Crippen MR) is 81.2 cm³/mol. The molecular formula is C17H21NO2. The van der Waals surface area contributed by atoms with Crippen LogP contribution in [0.3, 0.4) is 0 Å². The van der Waals surface area contributed by atoms with E-state index in [1.165, 1.54) is 11.1 Å². The van der Waals surface area contributed by atoms with E-state index in [1.54, 1.807) is 14.2 Å². The summed E-state index contributed by atoms with van der Waals surface area (Å²) >= 11 is 0. The number of methoxy groups -OCH3 is 2. The summed E-state index contributed by atoms with van der Waals surface area (Å²) in [5.41, 5.74) is 2.49. The highest BCUT2D eigenvalue weighted by Gasteiger charge is 2.04. The maximum absolute atomic E-state index is 5.25. The molecule has 0 aliphatic heterocycles. The van der Waals surface area contributed by atoms with Gasteiger partial charge in [0.05, 0.1) is 14.2 Å². The first kappa shape index (κ1) is 14.4. The maximum atomic E-state index is 5.25. The lowest BCUT2D eigenvalue weighted by atomic mass is 10.1. The first-order valence-electron chi connectivity index (χ1n) is 6.65. The molecule has 0 unspecified atom stereocenters. The van der Waals surface area contributed by atoms with Gasteiger partial charge in [-0.05, 0) is 42.4 Å². The summed E-state index contributed by atoms with van der Waals surface area (Å²) in [6, 6.07) is 16.3. The van der Waals surface area contributed by atoms with Crippen LogP contribution in [0.5, 0.6) is 11.5 Å². The van der Waals surface area contributed by atoms with Crippen LogP contribution in [0.1, 0.15) is 11.1 Å². The largest absolute Gasteiger partial charge is 0.497 e. The Labute approximate surface area is 120 Å². The second-order valence-electron chi connectivity index (χ2n) is 4.88. The fourth-order valence-electron chi connectivity index (χ4n) is 2.22. The summed E-state index contributed by atoms with van der Waals surface area (Å²) in [7, 11) is 5.50. The molecule has 0 saturated heterocycles. The second kappa shape index (κ2) is 6.96. The number of benzene rings is 2. The summed E-state index contributed by atoms with van der Waals surface area (Å²) in [6.45, 7) is 1.77. The Bertz CT molecular complexity index is 505. The molecule has 0 N–H and O–H groups in total. The summed E-state index contributed by atoms with van der Waals surface area (Å²) in [5.74, 6) is 1.80. The van der Waals surface area contributed by atoms with Gasteiger partial charge in [0.1, 0.15) is 11.5 Å². The van der Waals surface area contributed by atoms with E-state index < -0.39 is 0 Å². The number of nitrogens with zero attached hydrogens (tertiary/aromatic N) is 1. The van der Waals surface area contributed by atoms with Gasteiger partial charge >= 0.3 is 0 Å². The molecule has 0 aromatic heterocycles. The number of ether oxygens (including phenoxy) is 2. The van der Waals surface area contributed by atoms with Crippen molar-refractivity contribution in [2.24, 2.45) is 0 Å². The van der Waals surface area contributed by atoms with Crippen molar-refractivity contribution in [1.82, 2.24) is 4.90 Å². The Morgan fingerprint density at radius 2 is 1.25 bits per heavy atom. The van der Waals surface area contributed by atoms with Crippen LogP contribution in [0, 0.1) is 0 Å². The van der Waals surface area contributed by atoms with Crippen molar-refractivity contribution in [3.8, 4) is 11.5 Å². The van der Waals surface area contributed by atoms with Gasteiger partial charge in [-0.2, -0.15) is 0 Å². The van der Waals surface area contributed by atoms with E-state index in [9.17, 15) is 0 Å². The first-order chi connectivity index (χ1) is 9.71. The van der Waals surface area contributed by atoms with Crippen molar-refractivity contribution >= 4 is 0 Å². The van der Waals surface area contributed by atoms with Gasteiger partial charge in [-0.3, -0.25) is 4.90 Å². The quantitative estimate of drug-likeness (QED) is 0.804. The average Bonchev–Trinajstić information content (AvgIpc) is 2.47. The third-order valence-corrected chi connectivity index (χ3v) is 3.17. The van der Waals surface area contributed by atoms with Crippen molar-refractivity contribution in [1.29, 1.82) is 0 Å². The van der Waals surface area contributed by atoms with E-state index in [0.29, 0.717) is 0 Å². The molecule has 2 rings (SSSR count). The van der Waals surface area contributed by atoms with Crippen LogP contribution in [0.15, 0.2) is 48.5 Å². The van der Waals surface area contributed by atoms with Crippen molar-refractivity contribution in [3.05, 3.63) is 59.7 Å². The molecule has 106 valence electrons. The van der Waals surface area contributed by atoms with Crippen molar-refractivity contribution in [2.75, 3.05) is 21.3 Å². The topological polar surface area (TPSA) is 21.7 Å². The lowest BCUT2D eigenvalue weighted by Crippen LogP contribution is -2.17. The molecule has 2 aromatic rings. The number of hydrogen-bond donors (Lipinski definition) is 0. The second-order valence-corrected chi connectivity index (χ2v) is 4.88. The summed E-state index contributed by atoms with van der Waals surface area (Å²) in [5, 5.41) is 0. The van der Waals surface area contributed by atoms with Gasteiger partial charge in [0.2, 0.25) is 0 Å². The molecule has 3 nitrogen and oxygen atoms in total. The highest BCUT2D eigenvalue weighted by atomic mass is 16.5. The van der Waals surface area contributed by atoms with Crippen LogP contribution in [0.4, 0.5) is 0 Å². The molecular weight excluding hydrogens is 250 g/mol. The highest BCUT2D eigenvalue weighted by molar-refractivity contribution is 5.29. The third-order valence-electron chi connectivity index (χ3n) is 3.17. The minimum Gasteiger partial charge on any atom is -0.497 e. The van der Waals surface area contributed by atoms with E-state index in [0.717, 1.165) is 24.6 Å². The van der Waals surface area contributed by atoms with Crippen LogP contribution in [-0.4, -0.2) is 26.2 Å². The Kier molecular flexibility index (Phi) is 5.02. The summed E-state index contributed by atoms with van der Waals surface area (Å²) in [4.78, 5) is 2.27. The maximum Gasteiger partial charge on any atom is 0.119 e. The van der Waals surface area contributed by atoms with Crippen LogP contribution in [-0.2, 0) is 13.1 Å². The molecule has 0 radical (unpaired) electrons. The molecule has 0 atom stereocenters. The molecule has 3 heteroatoms.